The number of nitrogens with two attached hydrogens (primary N) is 1. The van der Waals surface area contributed by atoms with Crippen molar-refractivity contribution >= 4 is 0 Å². The van der Waals surface area contributed by atoms with E-state index >= 15 is 0 Å². The maximum absolute atomic E-state index is 5.93. The van der Waals surface area contributed by atoms with Gasteiger partial charge in [0.05, 0.1) is 12.3 Å². The van der Waals surface area contributed by atoms with Gasteiger partial charge in [-0.15, -0.1) is 0 Å². The molecular formula is C10H16N2O. The molecule has 1 saturated heterocycles. The molecular weight excluding hydrogens is 164 g/mol. The highest BCUT2D eigenvalue weighted by atomic mass is 16.3. The molecule has 0 saturated carbocycles. The van der Waals surface area contributed by atoms with Crippen LogP contribution < -0.4 is 5.73 Å². The normalized spacial score (nSPS) is 30.6. The first-order valence-electron chi connectivity index (χ1n) is 4.76. The van der Waals surface area contributed by atoms with Gasteiger partial charge in [-0.05, 0) is 32.0 Å². The fourth-order valence-electron chi connectivity index (χ4n) is 1.92. The lowest BCUT2D eigenvalue weighted by Gasteiger charge is -2.34. The largest absolute Gasteiger partial charge is 0.468 e. The van der Waals surface area contributed by atoms with Gasteiger partial charge in [-0.1, -0.05) is 0 Å². The van der Waals surface area contributed by atoms with Crippen LogP contribution in [0.15, 0.2) is 22.8 Å². The molecule has 0 aliphatic carbocycles. The van der Waals surface area contributed by atoms with E-state index in [1.807, 2.05) is 12.1 Å². The quantitative estimate of drug-likeness (QED) is 0.709. The van der Waals surface area contributed by atoms with Crippen LogP contribution in [0, 0.1) is 0 Å². The first kappa shape index (κ1) is 8.78. The SMILES string of the molecule is CN1CCC(N)CC1c1ccco1. The highest BCUT2D eigenvalue weighted by Gasteiger charge is 2.26. The lowest BCUT2D eigenvalue weighted by molar-refractivity contribution is 0.150. The minimum Gasteiger partial charge on any atom is -0.468 e. The van der Waals surface area contributed by atoms with Gasteiger partial charge in [-0.3, -0.25) is 4.90 Å². The molecule has 0 amide bonds. The maximum Gasteiger partial charge on any atom is 0.120 e. The molecule has 3 nitrogen and oxygen atoms in total. The Labute approximate surface area is 78.5 Å². The molecule has 72 valence electrons. The monoisotopic (exact) mass is 180 g/mol. The van der Waals surface area contributed by atoms with Gasteiger partial charge in [-0.25, -0.2) is 0 Å². The van der Waals surface area contributed by atoms with Gasteiger partial charge < -0.3 is 10.2 Å². The third-order valence-electron chi connectivity index (χ3n) is 2.78. The van der Waals surface area contributed by atoms with Gasteiger partial charge in [-0.2, -0.15) is 0 Å². The second-order valence-electron chi connectivity index (χ2n) is 3.80. The predicted octanol–water partition coefficient (Wildman–Crippen LogP) is 1.37. The number of furan rings is 1. The summed E-state index contributed by atoms with van der Waals surface area (Å²) in [6, 6.07) is 4.66. The average molecular weight is 180 g/mol. The molecule has 13 heavy (non-hydrogen) atoms. The first-order valence-corrected chi connectivity index (χ1v) is 4.76. The van der Waals surface area contributed by atoms with Crippen molar-refractivity contribution in [1.82, 2.24) is 4.90 Å². The Morgan fingerprint density at radius 2 is 2.46 bits per heavy atom. The molecule has 3 heteroatoms. The summed E-state index contributed by atoms with van der Waals surface area (Å²) in [5.74, 6) is 1.04. The molecule has 0 radical (unpaired) electrons. The van der Waals surface area contributed by atoms with E-state index in [9.17, 15) is 0 Å². The van der Waals surface area contributed by atoms with Crippen LogP contribution in [-0.4, -0.2) is 24.5 Å². The molecule has 2 heterocycles. The standard InChI is InChI=1S/C10H16N2O/c1-12-5-4-8(11)7-9(12)10-3-2-6-13-10/h2-3,6,8-9H,4-5,7,11H2,1H3. The van der Waals surface area contributed by atoms with Crippen molar-refractivity contribution in [3.05, 3.63) is 24.2 Å². The summed E-state index contributed by atoms with van der Waals surface area (Å²) in [5.41, 5.74) is 5.93. The van der Waals surface area contributed by atoms with E-state index < -0.39 is 0 Å². The summed E-state index contributed by atoms with van der Waals surface area (Å²) < 4.78 is 5.39. The van der Waals surface area contributed by atoms with Gasteiger partial charge in [0.15, 0.2) is 0 Å². The molecule has 0 spiro atoms. The fourth-order valence-corrected chi connectivity index (χ4v) is 1.92. The van der Waals surface area contributed by atoms with Crippen LogP contribution in [0.4, 0.5) is 0 Å². The number of hydrogen-bond donors (Lipinski definition) is 1. The number of likely N-dealkylation sites (tertiary alicyclic amines) is 1. The molecule has 1 aliphatic heterocycles. The zero-order valence-corrected chi connectivity index (χ0v) is 7.94. The Balaban J connectivity index is 2.12. The van der Waals surface area contributed by atoms with E-state index in [1.165, 1.54) is 0 Å². The minimum atomic E-state index is 0.325. The predicted molar refractivity (Wildman–Crippen MR) is 51.3 cm³/mol. The van der Waals surface area contributed by atoms with Gasteiger partial charge in [0, 0.05) is 12.6 Å². The van der Waals surface area contributed by atoms with Crippen LogP contribution in [0.25, 0.3) is 0 Å². The zero-order valence-electron chi connectivity index (χ0n) is 7.94. The van der Waals surface area contributed by atoms with Crippen LogP contribution in [0.3, 0.4) is 0 Å². The van der Waals surface area contributed by atoms with E-state index in [-0.39, 0.29) is 0 Å². The molecule has 1 aromatic rings. The van der Waals surface area contributed by atoms with Crippen LogP contribution in [0.2, 0.25) is 0 Å². The van der Waals surface area contributed by atoms with Gasteiger partial charge >= 0.3 is 0 Å². The Hall–Kier alpha value is -0.800. The molecule has 2 atom stereocenters. The lowest BCUT2D eigenvalue weighted by Crippen LogP contribution is -2.39. The van der Waals surface area contributed by atoms with Gasteiger partial charge in [0.25, 0.3) is 0 Å². The summed E-state index contributed by atoms with van der Waals surface area (Å²) in [5, 5.41) is 0. The topological polar surface area (TPSA) is 42.4 Å². The Morgan fingerprint density at radius 3 is 3.15 bits per heavy atom. The first-order chi connectivity index (χ1) is 6.27. The molecule has 2 unspecified atom stereocenters. The van der Waals surface area contributed by atoms with Crippen molar-refractivity contribution in [1.29, 1.82) is 0 Å². The number of hydrogen-bond acceptors (Lipinski definition) is 3. The maximum atomic E-state index is 5.93. The Bertz CT molecular complexity index is 258. The third-order valence-corrected chi connectivity index (χ3v) is 2.78. The number of rotatable bonds is 1. The van der Waals surface area contributed by atoms with E-state index in [0.29, 0.717) is 12.1 Å². The molecule has 1 fully saturated rings. The average Bonchev–Trinajstić information content (AvgIpc) is 2.61. The summed E-state index contributed by atoms with van der Waals surface area (Å²) in [6.07, 6.45) is 3.82. The summed E-state index contributed by atoms with van der Waals surface area (Å²) in [6.45, 7) is 1.06. The molecule has 1 aromatic heterocycles. The zero-order chi connectivity index (χ0) is 9.26. The second kappa shape index (κ2) is 3.52. The van der Waals surface area contributed by atoms with Crippen LogP contribution >= 0.6 is 0 Å². The highest BCUT2D eigenvalue weighted by Crippen LogP contribution is 2.28. The van der Waals surface area contributed by atoms with Crippen molar-refractivity contribution in [3.63, 3.8) is 0 Å². The minimum absolute atomic E-state index is 0.325. The smallest absolute Gasteiger partial charge is 0.120 e. The van der Waals surface area contributed by atoms with E-state index in [0.717, 1.165) is 25.1 Å². The summed E-state index contributed by atoms with van der Waals surface area (Å²) in [7, 11) is 2.12. The summed E-state index contributed by atoms with van der Waals surface area (Å²) in [4.78, 5) is 2.31. The molecule has 1 aliphatic rings. The fraction of sp³-hybridized carbons (Fsp3) is 0.600. The van der Waals surface area contributed by atoms with Crippen LogP contribution in [-0.2, 0) is 0 Å². The van der Waals surface area contributed by atoms with E-state index in [2.05, 4.69) is 11.9 Å². The van der Waals surface area contributed by atoms with Crippen LogP contribution in [0.5, 0.6) is 0 Å². The van der Waals surface area contributed by atoms with Crippen molar-refractivity contribution in [3.8, 4) is 0 Å². The van der Waals surface area contributed by atoms with Crippen molar-refractivity contribution in [2.75, 3.05) is 13.6 Å². The molecule has 0 aromatic carbocycles. The van der Waals surface area contributed by atoms with Gasteiger partial charge in [0.1, 0.15) is 5.76 Å². The Kier molecular flexibility index (Phi) is 2.38. The third kappa shape index (κ3) is 1.76. The highest BCUT2D eigenvalue weighted by molar-refractivity contribution is 5.06. The van der Waals surface area contributed by atoms with Crippen molar-refractivity contribution in [2.45, 2.75) is 24.9 Å². The van der Waals surface area contributed by atoms with Crippen molar-refractivity contribution < 1.29 is 4.42 Å². The lowest BCUT2D eigenvalue weighted by atomic mass is 9.97. The second-order valence-corrected chi connectivity index (χ2v) is 3.80. The molecule has 2 rings (SSSR count). The number of nitrogens with zero attached hydrogens (tertiary/aromatic N) is 1. The van der Waals surface area contributed by atoms with E-state index in [1.54, 1.807) is 6.26 Å². The van der Waals surface area contributed by atoms with Crippen LogP contribution in [0.1, 0.15) is 24.6 Å². The molecule has 2 N–H and O–H groups in total. The Morgan fingerprint density at radius 1 is 1.62 bits per heavy atom. The molecule has 0 bridgehead atoms. The summed E-state index contributed by atoms with van der Waals surface area (Å²) >= 11 is 0. The van der Waals surface area contributed by atoms with E-state index in [4.69, 9.17) is 10.2 Å². The number of piperidine rings is 1. The van der Waals surface area contributed by atoms with Crippen molar-refractivity contribution in [2.24, 2.45) is 5.73 Å². The van der Waals surface area contributed by atoms with Gasteiger partial charge in [0.2, 0.25) is 0 Å².